The minimum atomic E-state index is -0.616. The Morgan fingerprint density at radius 3 is 2.48 bits per heavy atom. The molecule has 0 aliphatic heterocycles. The molecule has 0 aromatic carbocycles. The van der Waals surface area contributed by atoms with Crippen molar-refractivity contribution in [3.63, 3.8) is 0 Å². The molecular formula is C28H51NO2. The molecule has 2 aliphatic rings. The van der Waals surface area contributed by atoms with Gasteiger partial charge in [-0.15, -0.1) is 0 Å². The molecule has 0 radical (unpaired) electrons. The van der Waals surface area contributed by atoms with E-state index in [1.807, 2.05) is 6.92 Å². The summed E-state index contributed by atoms with van der Waals surface area (Å²) in [7, 11) is 0. The van der Waals surface area contributed by atoms with Crippen LogP contribution in [-0.2, 0) is 0 Å². The average molecular weight is 434 g/mol. The topological polar surface area (TPSA) is 43.7 Å². The number of unbranched alkanes of at least 4 members (excludes halogenated alkanes) is 3. The van der Waals surface area contributed by atoms with Gasteiger partial charge in [-0.3, -0.25) is 4.90 Å². The van der Waals surface area contributed by atoms with Crippen LogP contribution in [0.2, 0.25) is 0 Å². The average Bonchev–Trinajstić information content (AvgIpc) is 3.19. The lowest BCUT2D eigenvalue weighted by atomic mass is 9.87. The normalized spacial score (nSPS) is 28.2. The third-order valence-corrected chi connectivity index (χ3v) is 7.68. The summed E-state index contributed by atoms with van der Waals surface area (Å²) in [5.74, 6) is 1.38. The number of hydrogen-bond acceptors (Lipinski definition) is 3. The Morgan fingerprint density at radius 1 is 1.13 bits per heavy atom. The van der Waals surface area contributed by atoms with Crippen LogP contribution in [0, 0.1) is 17.8 Å². The van der Waals surface area contributed by atoms with E-state index in [-0.39, 0.29) is 12.0 Å². The lowest BCUT2D eigenvalue weighted by molar-refractivity contribution is 0.0513. The highest BCUT2D eigenvalue weighted by Crippen LogP contribution is 2.48. The predicted octanol–water partition coefficient (Wildman–Crippen LogP) is 6.50. The number of hydrogen-bond donors (Lipinski definition) is 2. The molecule has 180 valence electrons. The molecule has 0 bridgehead atoms. The van der Waals surface area contributed by atoms with Crippen LogP contribution in [-0.4, -0.2) is 45.4 Å². The van der Waals surface area contributed by atoms with Crippen molar-refractivity contribution in [2.45, 2.75) is 130 Å². The van der Waals surface area contributed by atoms with Gasteiger partial charge in [-0.05, 0) is 97.9 Å². The van der Waals surface area contributed by atoms with Crippen molar-refractivity contribution in [1.29, 1.82) is 0 Å². The lowest BCUT2D eigenvalue weighted by Gasteiger charge is -2.30. The summed E-state index contributed by atoms with van der Waals surface area (Å²) >= 11 is 0. The zero-order valence-electron chi connectivity index (χ0n) is 21.3. The second-order valence-corrected chi connectivity index (χ2v) is 11.2. The molecule has 1 saturated carbocycles. The predicted molar refractivity (Wildman–Crippen MR) is 133 cm³/mol. The van der Waals surface area contributed by atoms with Gasteiger partial charge in [-0.25, -0.2) is 0 Å². The highest BCUT2D eigenvalue weighted by Gasteiger charge is 2.43. The Kier molecular flexibility index (Phi) is 10.8. The molecular weight excluding hydrogens is 382 g/mol. The van der Waals surface area contributed by atoms with Crippen molar-refractivity contribution in [3.05, 3.63) is 23.8 Å². The van der Waals surface area contributed by atoms with E-state index in [0.717, 1.165) is 32.1 Å². The van der Waals surface area contributed by atoms with Crippen molar-refractivity contribution in [2.24, 2.45) is 17.8 Å². The molecule has 0 aromatic rings. The van der Waals surface area contributed by atoms with Gasteiger partial charge in [0.2, 0.25) is 0 Å². The Labute approximate surface area is 193 Å². The van der Waals surface area contributed by atoms with Crippen molar-refractivity contribution < 1.29 is 10.2 Å². The van der Waals surface area contributed by atoms with Crippen LogP contribution >= 0.6 is 0 Å². The molecule has 0 heterocycles. The smallest absolute Gasteiger partial charge is 0.0654 e. The summed E-state index contributed by atoms with van der Waals surface area (Å²) in [4.78, 5) is 2.59. The van der Waals surface area contributed by atoms with Gasteiger partial charge in [-0.2, -0.15) is 0 Å². The summed E-state index contributed by atoms with van der Waals surface area (Å²) < 4.78 is 0. The molecule has 3 nitrogen and oxygen atoms in total. The van der Waals surface area contributed by atoms with Crippen molar-refractivity contribution in [1.82, 2.24) is 4.90 Å². The van der Waals surface area contributed by atoms with Crippen molar-refractivity contribution in [2.75, 3.05) is 6.54 Å². The molecule has 0 amide bonds. The largest absolute Gasteiger partial charge is 0.392 e. The third-order valence-electron chi connectivity index (χ3n) is 7.68. The Morgan fingerprint density at radius 2 is 1.84 bits per heavy atom. The number of fused-ring (bicyclic) bond motifs is 1. The van der Waals surface area contributed by atoms with Crippen LogP contribution in [0.5, 0.6) is 0 Å². The second kappa shape index (κ2) is 12.6. The lowest BCUT2D eigenvalue weighted by Crippen LogP contribution is -2.37. The van der Waals surface area contributed by atoms with Crippen LogP contribution in [0.1, 0.15) is 106 Å². The van der Waals surface area contributed by atoms with Gasteiger partial charge in [0, 0.05) is 18.0 Å². The Hall–Kier alpha value is -0.640. The first-order valence-corrected chi connectivity index (χ1v) is 13.2. The van der Waals surface area contributed by atoms with Crippen LogP contribution < -0.4 is 0 Å². The van der Waals surface area contributed by atoms with E-state index in [1.165, 1.54) is 32.2 Å². The third kappa shape index (κ3) is 8.33. The van der Waals surface area contributed by atoms with Crippen LogP contribution in [0.25, 0.3) is 0 Å². The fourth-order valence-electron chi connectivity index (χ4n) is 5.87. The minimum Gasteiger partial charge on any atom is -0.392 e. The molecule has 31 heavy (non-hydrogen) atoms. The fourth-order valence-corrected chi connectivity index (χ4v) is 5.87. The van der Waals surface area contributed by atoms with E-state index >= 15 is 0 Å². The van der Waals surface area contributed by atoms with Gasteiger partial charge in [0.1, 0.15) is 0 Å². The van der Waals surface area contributed by atoms with Crippen molar-refractivity contribution >= 4 is 0 Å². The molecule has 2 aliphatic carbocycles. The maximum atomic E-state index is 10.6. The number of aliphatic hydroxyl groups is 2. The van der Waals surface area contributed by atoms with Gasteiger partial charge in [0.25, 0.3) is 0 Å². The molecule has 0 unspecified atom stereocenters. The maximum Gasteiger partial charge on any atom is 0.0654 e. The van der Waals surface area contributed by atoms with E-state index in [1.54, 1.807) is 5.57 Å². The first kappa shape index (κ1) is 26.6. The van der Waals surface area contributed by atoms with Crippen LogP contribution in [0.4, 0.5) is 0 Å². The first-order chi connectivity index (χ1) is 14.6. The highest BCUT2D eigenvalue weighted by molar-refractivity contribution is 5.20. The van der Waals surface area contributed by atoms with Gasteiger partial charge in [0.05, 0.1) is 11.7 Å². The molecule has 5 atom stereocenters. The zero-order valence-corrected chi connectivity index (χ0v) is 21.3. The summed E-state index contributed by atoms with van der Waals surface area (Å²) in [6.07, 6.45) is 17.6. The van der Waals surface area contributed by atoms with E-state index < -0.39 is 5.60 Å². The summed E-state index contributed by atoms with van der Waals surface area (Å²) in [6, 6.07) is 1.26. The van der Waals surface area contributed by atoms with Crippen molar-refractivity contribution in [3.8, 4) is 0 Å². The standard InChI is InChI=1S/C28H51NO2/c1-7-8-15-28(6,31)16-12-14-25-26-19-23(18-24(26)20-27(25)30)13-10-9-11-17-29(21(2)3)22(4)5/h12,14,18,21-22,24-27,30-31H,7-11,13,15-17,19-20H2,1-6H3/t24-,25+,26-,27+,28-/m0/s1. The van der Waals surface area contributed by atoms with E-state index in [2.05, 4.69) is 57.7 Å². The SMILES string of the molecule is CCCC[C@](C)(O)CC=C[C@@H]1[C@H]2CC(CCCCCN(C(C)C)C(C)C)=C[C@H]2C[C@H]1O. The Bertz CT molecular complexity index is 570. The van der Waals surface area contributed by atoms with E-state index in [9.17, 15) is 10.2 Å². The first-order valence-electron chi connectivity index (χ1n) is 13.2. The summed E-state index contributed by atoms with van der Waals surface area (Å²) in [5.41, 5.74) is 1.01. The molecule has 0 saturated heterocycles. The van der Waals surface area contributed by atoms with E-state index in [4.69, 9.17) is 0 Å². The molecule has 0 spiro atoms. The Balaban J connectivity index is 1.74. The minimum absolute atomic E-state index is 0.220. The van der Waals surface area contributed by atoms with Gasteiger partial charge >= 0.3 is 0 Å². The highest BCUT2D eigenvalue weighted by atomic mass is 16.3. The summed E-state index contributed by atoms with van der Waals surface area (Å²) in [6.45, 7) is 14.5. The molecule has 1 fully saturated rings. The second-order valence-electron chi connectivity index (χ2n) is 11.2. The molecule has 3 heteroatoms. The number of aliphatic hydroxyl groups excluding tert-OH is 1. The van der Waals surface area contributed by atoms with Crippen LogP contribution in [0.3, 0.4) is 0 Å². The van der Waals surface area contributed by atoms with E-state index in [0.29, 0.717) is 30.3 Å². The molecule has 0 aromatic heterocycles. The number of nitrogens with zero attached hydrogens (tertiary/aromatic N) is 1. The fraction of sp³-hybridized carbons (Fsp3) is 0.857. The van der Waals surface area contributed by atoms with Gasteiger partial charge in [-0.1, -0.05) is 50.0 Å². The molecule has 2 N–H and O–H groups in total. The molecule has 2 rings (SSSR count). The zero-order chi connectivity index (χ0) is 23.0. The quantitative estimate of drug-likeness (QED) is 0.243. The van der Waals surface area contributed by atoms with Gasteiger partial charge < -0.3 is 10.2 Å². The number of rotatable bonds is 14. The van der Waals surface area contributed by atoms with Crippen LogP contribution in [0.15, 0.2) is 23.8 Å². The maximum absolute atomic E-state index is 10.6. The number of allylic oxidation sites excluding steroid dienone is 2. The monoisotopic (exact) mass is 433 g/mol. The summed E-state index contributed by atoms with van der Waals surface area (Å²) in [5, 5.41) is 21.1. The van der Waals surface area contributed by atoms with Gasteiger partial charge in [0.15, 0.2) is 0 Å².